The van der Waals surface area contributed by atoms with Crippen LogP contribution in [0.5, 0.6) is 0 Å². The lowest BCUT2D eigenvalue weighted by molar-refractivity contribution is -0.130. The van der Waals surface area contributed by atoms with Crippen LogP contribution in [-0.2, 0) is 4.79 Å². The first-order chi connectivity index (χ1) is 8.59. The SMILES string of the molecule is CC(=O)N1CCC[C@@H](c2nccnc2N(C)C)C1. The first-order valence-corrected chi connectivity index (χ1v) is 6.33. The number of carbonyl (C=O) groups excluding carboxylic acids is 1. The molecule has 1 aliphatic heterocycles. The van der Waals surface area contributed by atoms with Gasteiger partial charge in [0.25, 0.3) is 0 Å². The van der Waals surface area contributed by atoms with Gasteiger partial charge in [0.05, 0.1) is 5.69 Å². The van der Waals surface area contributed by atoms with Crippen molar-refractivity contribution in [1.82, 2.24) is 14.9 Å². The van der Waals surface area contributed by atoms with Gasteiger partial charge in [-0.25, -0.2) is 4.98 Å². The Hall–Kier alpha value is -1.65. The standard InChI is InChI=1S/C13H20N4O/c1-10(18)17-8-4-5-11(9-17)12-13(16(2)3)15-7-6-14-12/h6-7,11H,4-5,8-9H2,1-3H3/t11-/m1/s1. The topological polar surface area (TPSA) is 49.3 Å². The van der Waals surface area contributed by atoms with Crippen molar-refractivity contribution >= 4 is 11.7 Å². The molecule has 1 aliphatic rings. The molecule has 1 aromatic heterocycles. The average Bonchev–Trinajstić information content (AvgIpc) is 2.39. The quantitative estimate of drug-likeness (QED) is 0.791. The van der Waals surface area contributed by atoms with Gasteiger partial charge < -0.3 is 9.80 Å². The lowest BCUT2D eigenvalue weighted by Gasteiger charge is -2.32. The summed E-state index contributed by atoms with van der Waals surface area (Å²) >= 11 is 0. The molecule has 2 rings (SSSR count). The third-order valence-electron chi connectivity index (χ3n) is 3.38. The molecule has 18 heavy (non-hydrogen) atoms. The molecular formula is C13H20N4O. The largest absolute Gasteiger partial charge is 0.361 e. The Labute approximate surface area is 108 Å². The van der Waals surface area contributed by atoms with Crippen LogP contribution in [0.1, 0.15) is 31.4 Å². The van der Waals surface area contributed by atoms with Crippen LogP contribution in [0.3, 0.4) is 0 Å². The van der Waals surface area contributed by atoms with Crippen LogP contribution >= 0.6 is 0 Å². The second-order valence-corrected chi connectivity index (χ2v) is 4.96. The van der Waals surface area contributed by atoms with E-state index in [0.29, 0.717) is 5.92 Å². The smallest absolute Gasteiger partial charge is 0.219 e. The Bertz CT molecular complexity index is 433. The summed E-state index contributed by atoms with van der Waals surface area (Å²) in [4.78, 5) is 24.2. The summed E-state index contributed by atoms with van der Waals surface area (Å²) in [6.45, 7) is 3.25. The van der Waals surface area contributed by atoms with Gasteiger partial charge in [0.1, 0.15) is 5.82 Å². The minimum atomic E-state index is 0.148. The maximum absolute atomic E-state index is 11.5. The minimum Gasteiger partial charge on any atom is -0.361 e. The van der Waals surface area contributed by atoms with Gasteiger partial charge in [-0.1, -0.05) is 0 Å². The fourth-order valence-electron chi connectivity index (χ4n) is 2.46. The van der Waals surface area contributed by atoms with E-state index in [1.165, 1.54) is 0 Å². The van der Waals surface area contributed by atoms with Gasteiger partial charge in [-0.15, -0.1) is 0 Å². The van der Waals surface area contributed by atoms with Crippen LogP contribution in [0.4, 0.5) is 5.82 Å². The molecule has 98 valence electrons. The minimum absolute atomic E-state index is 0.148. The molecule has 0 N–H and O–H groups in total. The number of anilines is 1. The first-order valence-electron chi connectivity index (χ1n) is 6.33. The van der Waals surface area contributed by atoms with Gasteiger partial charge in [-0.05, 0) is 12.8 Å². The second kappa shape index (κ2) is 5.33. The van der Waals surface area contributed by atoms with Crippen LogP contribution < -0.4 is 4.90 Å². The second-order valence-electron chi connectivity index (χ2n) is 4.96. The molecule has 0 bridgehead atoms. The van der Waals surface area contributed by atoms with E-state index in [9.17, 15) is 4.79 Å². The molecule has 5 heteroatoms. The molecule has 1 atom stereocenters. The third kappa shape index (κ3) is 2.60. The molecule has 5 nitrogen and oxygen atoms in total. The Kier molecular flexibility index (Phi) is 3.79. The number of hydrogen-bond acceptors (Lipinski definition) is 4. The number of aromatic nitrogens is 2. The summed E-state index contributed by atoms with van der Waals surface area (Å²) in [7, 11) is 3.94. The van der Waals surface area contributed by atoms with Gasteiger partial charge in [0.2, 0.25) is 5.91 Å². The molecule has 1 amide bonds. The summed E-state index contributed by atoms with van der Waals surface area (Å²) in [5.41, 5.74) is 1.01. The highest BCUT2D eigenvalue weighted by Gasteiger charge is 2.26. The maximum Gasteiger partial charge on any atom is 0.219 e. The van der Waals surface area contributed by atoms with Gasteiger partial charge in [-0.3, -0.25) is 9.78 Å². The van der Waals surface area contributed by atoms with Crippen molar-refractivity contribution in [2.75, 3.05) is 32.1 Å². The Morgan fingerprint density at radius 1 is 1.39 bits per heavy atom. The molecule has 0 unspecified atom stereocenters. The van der Waals surface area contributed by atoms with E-state index in [2.05, 4.69) is 9.97 Å². The van der Waals surface area contributed by atoms with Crippen molar-refractivity contribution in [3.05, 3.63) is 18.1 Å². The van der Waals surface area contributed by atoms with Crippen molar-refractivity contribution in [2.45, 2.75) is 25.7 Å². The average molecular weight is 248 g/mol. The summed E-state index contributed by atoms with van der Waals surface area (Å²) in [5.74, 6) is 1.36. The van der Waals surface area contributed by atoms with Crippen molar-refractivity contribution < 1.29 is 4.79 Å². The molecular weight excluding hydrogens is 228 g/mol. The van der Waals surface area contributed by atoms with E-state index in [-0.39, 0.29) is 5.91 Å². The van der Waals surface area contributed by atoms with E-state index in [1.807, 2.05) is 23.9 Å². The highest BCUT2D eigenvalue weighted by Crippen LogP contribution is 2.30. The van der Waals surface area contributed by atoms with Crippen LogP contribution in [0.25, 0.3) is 0 Å². The Morgan fingerprint density at radius 3 is 2.78 bits per heavy atom. The number of hydrogen-bond donors (Lipinski definition) is 0. The zero-order valence-corrected chi connectivity index (χ0v) is 11.3. The zero-order valence-electron chi connectivity index (χ0n) is 11.3. The Morgan fingerprint density at radius 2 is 2.11 bits per heavy atom. The summed E-state index contributed by atoms with van der Waals surface area (Å²) < 4.78 is 0. The van der Waals surface area contributed by atoms with E-state index in [4.69, 9.17) is 0 Å². The number of amides is 1. The highest BCUT2D eigenvalue weighted by molar-refractivity contribution is 5.73. The number of piperidine rings is 1. The van der Waals surface area contributed by atoms with E-state index in [1.54, 1.807) is 19.3 Å². The number of likely N-dealkylation sites (tertiary alicyclic amines) is 1. The van der Waals surface area contributed by atoms with Crippen molar-refractivity contribution in [3.8, 4) is 0 Å². The lowest BCUT2D eigenvalue weighted by atomic mass is 9.94. The van der Waals surface area contributed by atoms with E-state index in [0.717, 1.165) is 37.4 Å². The zero-order chi connectivity index (χ0) is 13.1. The predicted molar refractivity (Wildman–Crippen MR) is 70.6 cm³/mol. The van der Waals surface area contributed by atoms with Gasteiger partial charge in [0.15, 0.2) is 0 Å². The summed E-state index contributed by atoms with van der Waals surface area (Å²) in [6.07, 6.45) is 5.55. The molecule has 1 aromatic rings. The van der Waals surface area contributed by atoms with Gasteiger partial charge in [-0.2, -0.15) is 0 Å². The van der Waals surface area contributed by atoms with Crippen LogP contribution in [0.15, 0.2) is 12.4 Å². The van der Waals surface area contributed by atoms with Crippen molar-refractivity contribution in [1.29, 1.82) is 0 Å². The molecule has 1 saturated heterocycles. The number of nitrogens with zero attached hydrogens (tertiary/aromatic N) is 4. The monoisotopic (exact) mass is 248 g/mol. The molecule has 0 saturated carbocycles. The molecule has 1 fully saturated rings. The predicted octanol–water partition coefficient (Wildman–Crippen LogP) is 1.27. The first kappa shape index (κ1) is 12.8. The van der Waals surface area contributed by atoms with Crippen LogP contribution in [0.2, 0.25) is 0 Å². The number of rotatable bonds is 2. The lowest BCUT2D eigenvalue weighted by Crippen LogP contribution is -2.38. The van der Waals surface area contributed by atoms with E-state index < -0.39 is 0 Å². The molecule has 0 aromatic carbocycles. The third-order valence-corrected chi connectivity index (χ3v) is 3.38. The number of carbonyl (C=O) groups is 1. The fourth-order valence-corrected chi connectivity index (χ4v) is 2.46. The van der Waals surface area contributed by atoms with Crippen molar-refractivity contribution in [2.24, 2.45) is 0 Å². The maximum atomic E-state index is 11.5. The van der Waals surface area contributed by atoms with E-state index >= 15 is 0 Å². The molecule has 0 aliphatic carbocycles. The highest BCUT2D eigenvalue weighted by atomic mass is 16.2. The summed E-state index contributed by atoms with van der Waals surface area (Å²) in [6, 6.07) is 0. The molecule has 0 spiro atoms. The molecule has 0 radical (unpaired) electrons. The van der Waals surface area contributed by atoms with Crippen molar-refractivity contribution in [3.63, 3.8) is 0 Å². The van der Waals surface area contributed by atoms with Gasteiger partial charge >= 0.3 is 0 Å². The van der Waals surface area contributed by atoms with Crippen LogP contribution in [0, 0.1) is 0 Å². The Balaban J connectivity index is 2.23. The molecule has 2 heterocycles. The fraction of sp³-hybridized carbons (Fsp3) is 0.615. The van der Waals surface area contributed by atoms with Crippen LogP contribution in [-0.4, -0.2) is 48.0 Å². The van der Waals surface area contributed by atoms with Gasteiger partial charge in [0, 0.05) is 52.4 Å². The summed E-state index contributed by atoms with van der Waals surface area (Å²) in [5, 5.41) is 0. The normalized spacial score (nSPS) is 19.7.